The number of nitrogens with one attached hydrogen (secondary N) is 2. The average molecular weight is 298 g/mol. The van der Waals surface area contributed by atoms with Crippen LogP contribution in [0.4, 0.5) is 4.39 Å². The van der Waals surface area contributed by atoms with Crippen LogP contribution in [0.2, 0.25) is 0 Å². The Morgan fingerprint density at radius 2 is 2.35 bits per heavy atom. The maximum Gasteiger partial charge on any atom is 0.124 e. The fourth-order valence-corrected chi connectivity index (χ4v) is 2.30. The van der Waals surface area contributed by atoms with E-state index in [-0.39, 0.29) is 11.9 Å². The van der Waals surface area contributed by atoms with Gasteiger partial charge in [-0.3, -0.25) is 0 Å². The van der Waals surface area contributed by atoms with Gasteiger partial charge in [-0.15, -0.1) is 0 Å². The summed E-state index contributed by atoms with van der Waals surface area (Å²) in [6.07, 6.45) is 3.43. The summed E-state index contributed by atoms with van der Waals surface area (Å²) in [7, 11) is 0. The molecule has 0 saturated heterocycles. The van der Waals surface area contributed by atoms with E-state index in [0.29, 0.717) is 6.54 Å². The van der Waals surface area contributed by atoms with Crippen molar-refractivity contribution in [2.45, 2.75) is 19.5 Å². The predicted molar refractivity (Wildman–Crippen MR) is 67.9 cm³/mol. The first-order valence-electron chi connectivity index (χ1n) is 5.32. The van der Waals surface area contributed by atoms with Gasteiger partial charge in [0.15, 0.2) is 0 Å². The Labute approximate surface area is 108 Å². The molecule has 1 atom stereocenters. The molecule has 0 aliphatic heterocycles. The number of benzene rings is 1. The lowest BCUT2D eigenvalue weighted by Crippen LogP contribution is -2.18. The maximum absolute atomic E-state index is 13.0. The molecule has 5 heteroatoms. The zero-order chi connectivity index (χ0) is 12.3. The van der Waals surface area contributed by atoms with E-state index in [1.807, 2.05) is 6.92 Å². The van der Waals surface area contributed by atoms with Gasteiger partial charge in [0.05, 0.1) is 6.33 Å². The second kappa shape index (κ2) is 5.42. The van der Waals surface area contributed by atoms with Gasteiger partial charge in [0.25, 0.3) is 0 Å². The van der Waals surface area contributed by atoms with E-state index < -0.39 is 0 Å². The number of aromatic amines is 1. The first-order chi connectivity index (χ1) is 8.16. The van der Waals surface area contributed by atoms with Crippen LogP contribution >= 0.6 is 15.9 Å². The van der Waals surface area contributed by atoms with E-state index in [9.17, 15) is 4.39 Å². The highest BCUT2D eigenvalue weighted by Gasteiger charge is 2.09. The van der Waals surface area contributed by atoms with Crippen LogP contribution < -0.4 is 5.32 Å². The Balaban J connectivity index is 2.01. The van der Waals surface area contributed by atoms with E-state index in [4.69, 9.17) is 0 Å². The number of aromatic nitrogens is 2. The van der Waals surface area contributed by atoms with Gasteiger partial charge in [-0.25, -0.2) is 9.37 Å². The molecular weight excluding hydrogens is 285 g/mol. The molecule has 1 heterocycles. The summed E-state index contributed by atoms with van der Waals surface area (Å²) in [6, 6.07) is 4.86. The minimum Gasteiger partial charge on any atom is -0.347 e. The monoisotopic (exact) mass is 297 g/mol. The van der Waals surface area contributed by atoms with Crippen LogP contribution in [0.25, 0.3) is 0 Å². The molecule has 0 fully saturated rings. The minimum atomic E-state index is -0.235. The predicted octanol–water partition coefficient (Wildman–Crippen LogP) is 3.16. The van der Waals surface area contributed by atoms with Gasteiger partial charge in [0.2, 0.25) is 0 Å². The molecule has 17 heavy (non-hydrogen) atoms. The normalized spacial score (nSPS) is 12.6. The van der Waals surface area contributed by atoms with Crippen molar-refractivity contribution in [2.24, 2.45) is 0 Å². The van der Waals surface area contributed by atoms with Crippen molar-refractivity contribution in [1.29, 1.82) is 0 Å². The molecule has 1 aromatic carbocycles. The molecule has 0 spiro atoms. The SMILES string of the molecule is CC(NCc1cnc[nH]1)c1ccc(F)cc1Br. The van der Waals surface area contributed by atoms with Gasteiger partial charge in [0.1, 0.15) is 5.82 Å². The summed E-state index contributed by atoms with van der Waals surface area (Å²) in [5, 5.41) is 3.34. The summed E-state index contributed by atoms with van der Waals surface area (Å²) in [5.41, 5.74) is 2.06. The highest BCUT2D eigenvalue weighted by Crippen LogP contribution is 2.24. The van der Waals surface area contributed by atoms with E-state index >= 15 is 0 Å². The lowest BCUT2D eigenvalue weighted by molar-refractivity contribution is 0.563. The van der Waals surface area contributed by atoms with Crippen LogP contribution in [0, 0.1) is 5.82 Å². The number of imidazole rings is 1. The summed E-state index contributed by atoms with van der Waals surface area (Å²) >= 11 is 3.37. The van der Waals surface area contributed by atoms with E-state index in [1.54, 1.807) is 18.6 Å². The summed E-state index contributed by atoms with van der Waals surface area (Å²) < 4.78 is 13.7. The molecule has 0 radical (unpaired) electrons. The fourth-order valence-electron chi connectivity index (χ4n) is 1.61. The number of nitrogens with zero attached hydrogens (tertiary/aromatic N) is 1. The molecular formula is C12H13BrFN3. The number of halogens is 2. The Bertz CT molecular complexity index is 485. The molecule has 0 aliphatic carbocycles. The van der Waals surface area contributed by atoms with Crippen LogP contribution in [-0.2, 0) is 6.54 Å². The molecule has 3 nitrogen and oxygen atoms in total. The van der Waals surface area contributed by atoms with Crippen molar-refractivity contribution in [3.8, 4) is 0 Å². The Kier molecular flexibility index (Phi) is 3.91. The van der Waals surface area contributed by atoms with Crippen molar-refractivity contribution >= 4 is 15.9 Å². The molecule has 90 valence electrons. The van der Waals surface area contributed by atoms with Gasteiger partial charge in [-0.2, -0.15) is 0 Å². The first-order valence-corrected chi connectivity index (χ1v) is 6.11. The van der Waals surface area contributed by atoms with E-state index in [1.165, 1.54) is 12.1 Å². The molecule has 2 N–H and O–H groups in total. The maximum atomic E-state index is 13.0. The summed E-state index contributed by atoms with van der Waals surface area (Å²) in [6.45, 7) is 2.74. The van der Waals surface area contributed by atoms with Gasteiger partial charge in [0, 0.05) is 29.0 Å². The number of rotatable bonds is 4. The Morgan fingerprint density at radius 3 is 3.00 bits per heavy atom. The summed E-state index contributed by atoms with van der Waals surface area (Å²) in [4.78, 5) is 6.97. The minimum absolute atomic E-state index is 0.133. The third-order valence-corrected chi connectivity index (χ3v) is 3.27. The van der Waals surface area contributed by atoms with Crippen LogP contribution in [0.3, 0.4) is 0 Å². The van der Waals surface area contributed by atoms with Crippen LogP contribution in [0.15, 0.2) is 35.2 Å². The van der Waals surface area contributed by atoms with Crippen molar-refractivity contribution in [1.82, 2.24) is 15.3 Å². The fraction of sp³-hybridized carbons (Fsp3) is 0.250. The lowest BCUT2D eigenvalue weighted by Gasteiger charge is -2.15. The zero-order valence-corrected chi connectivity index (χ0v) is 11.0. The van der Waals surface area contributed by atoms with Crippen molar-refractivity contribution < 1.29 is 4.39 Å². The average Bonchev–Trinajstić information content (AvgIpc) is 2.78. The van der Waals surface area contributed by atoms with Crippen LogP contribution in [0.1, 0.15) is 24.2 Å². The highest BCUT2D eigenvalue weighted by molar-refractivity contribution is 9.10. The Hall–Kier alpha value is -1.20. The number of hydrogen-bond donors (Lipinski definition) is 2. The van der Waals surface area contributed by atoms with Crippen molar-refractivity contribution in [3.63, 3.8) is 0 Å². The molecule has 1 aromatic heterocycles. The standard InChI is InChI=1S/C12H13BrFN3/c1-8(16-6-10-5-15-7-17-10)11-3-2-9(14)4-12(11)13/h2-5,7-8,16H,6H2,1H3,(H,15,17). The molecule has 0 bridgehead atoms. The second-order valence-corrected chi connectivity index (χ2v) is 4.70. The topological polar surface area (TPSA) is 40.7 Å². The van der Waals surface area contributed by atoms with Gasteiger partial charge < -0.3 is 10.3 Å². The van der Waals surface area contributed by atoms with E-state index in [2.05, 4.69) is 31.2 Å². The second-order valence-electron chi connectivity index (χ2n) is 3.85. The van der Waals surface area contributed by atoms with Gasteiger partial charge in [-0.1, -0.05) is 22.0 Å². The van der Waals surface area contributed by atoms with Crippen molar-refractivity contribution in [2.75, 3.05) is 0 Å². The zero-order valence-electron chi connectivity index (χ0n) is 9.37. The quantitative estimate of drug-likeness (QED) is 0.910. The smallest absolute Gasteiger partial charge is 0.124 e. The lowest BCUT2D eigenvalue weighted by atomic mass is 10.1. The Morgan fingerprint density at radius 1 is 1.53 bits per heavy atom. The molecule has 0 saturated carbocycles. The largest absolute Gasteiger partial charge is 0.347 e. The van der Waals surface area contributed by atoms with Crippen LogP contribution in [-0.4, -0.2) is 9.97 Å². The number of hydrogen-bond acceptors (Lipinski definition) is 2. The third-order valence-electron chi connectivity index (χ3n) is 2.58. The summed E-state index contributed by atoms with van der Waals surface area (Å²) in [5.74, 6) is -0.235. The van der Waals surface area contributed by atoms with E-state index in [0.717, 1.165) is 15.7 Å². The first kappa shape index (κ1) is 12.3. The highest BCUT2D eigenvalue weighted by atomic mass is 79.9. The van der Waals surface area contributed by atoms with Gasteiger partial charge in [-0.05, 0) is 24.6 Å². The van der Waals surface area contributed by atoms with Crippen LogP contribution in [0.5, 0.6) is 0 Å². The molecule has 1 unspecified atom stereocenters. The van der Waals surface area contributed by atoms with Gasteiger partial charge >= 0.3 is 0 Å². The molecule has 0 amide bonds. The molecule has 0 aliphatic rings. The molecule has 2 rings (SSSR count). The number of H-pyrrole nitrogens is 1. The van der Waals surface area contributed by atoms with Crippen molar-refractivity contribution in [3.05, 3.63) is 52.3 Å². The third kappa shape index (κ3) is 3.14. The molecule has 2 aromatic rings.